The molecule has 0 spiro atoms. The maximum absolute atomic E-state index is 8.25. The maximum Gasteiger partial charge on any atom is 0.114 e. The third-order valence-corrected chi connectivity index (χ3v) is 2.70. The quantitative estimate of drug-likeness (QED) is 0.451. The Morgan fingerprint density at radius 1 is 1.38 bits per heavy atom. The van der Waals surface area contributed by atoms with Crippen molar-refractivity contribution < 1.29 is 20.0 Å². The minimum absolute atomic E-state index is 0.500. The summed E-state index contributed by atoms with van der Waals surface area (Å²) >= 11 is 0. The molecule has 4 nitrogen and oxygen atoms in total. The van der Waals surface area contributed by atoms with E-state index in [0.717, 1.165) is 12.5 Å². The number of carboxylic acid groups (broad SMARTS) is 1. The lowest BCUT2D eigenvalue weighted by atomic mass is 10.0. The Labute approximate surface area is 78.3 Å². The predicted molar refractivity (Wildman–Crippen MR) is 44.8 cm³/mol. The highest BCUT2D eigenvalue weighted by molar-refractivity contribution is 5.29. The zero-order valence-electron chi connectivity index (χ0n) is 7.78. The van der Waals surface area contributed by atoms with Crippen molar-refractivity contribution in [1.82, 2.24) is 0 Å². The monoisotopic (exact) mass is 187 g/mol. The molecule has 0 radical (unpaired) electrons. The van der Waals surface area contributed by atoms with Crippen molar-refractivity contribution in [3.05, 3.63) is 0 Å². The summed E-state index contributed by atoms with van der Waals surface area (Å²) in [6, 6.07) is 0. The molecule has 2 heterocycles. The Kier molecular flexibility index (Phi) is 4.78. The zero-order valence-corrected chi connectivity index (χ0v) is 7.78. The van der Waals surface area contributed by atoms with Gasteiger partial charge in [-0.3, -0.25) is 0 Å². The van der Waals surface area contributed by atoms with Gasteiger partial charge in [0, 0.05) is 19.0 Å². The van der Waals surface area contributed by atoms with Crippen molar-refractivity contribution >= 4 is 6.47 Å². The summed E-state index contributed by atoms with van der Waals surface area (Å²) in [5.74, 6) is 0.877. The Bertz CT molecular complexity index is 140. The van der Waals surface area contributed by atoms with Gasteiger partial charge in [0.15, 0.2) is 0 Å². The fraction of sp³-hybridized carbons (Fsp3) is 0.889. The average molecular weight is 187 g/mol. The third-order valence-electron chi connectivity index (χ3n) is 2.70. The standard InChI is InChI=1S/C8H15NO.CH2O2/c1-2-4-10-8-6-9-5-7(8)3-1;2-1-3/h7-9H,1-6H2;1H,(H,2,3). The van der Waals surface area contributed by atoms with Crippen LogP contribution in [0.15, 0.2) is 0 Å². The van der Waals surface area contributed by atoms with E-state index in [1.165, 1.54) is 32.4 Å². The first-order valence-corrected chi connectivity index (χ1v) is 4.87. The van der Waals surface area contributed by atoms with Crippen LogP contribution in [0.4, 0.5) is 0 Å². The number of ether oxygens (including phenoxy) is 1. The van der Waals surface area contributed by atoms with Crippen LogP contribution < -0.4 is 10.4 Å². The molecule has 2 fully saturated rings. The Morgan fingerprint density at radius 3 is 2.92 bits per heavy atom. The number of fused-ring (bicyclic) bond motifs is 1. The molecular weight excluding hydrogens is 170 g/mol. The van der Waals surface area contributed by atoms with Gasteiger partial charge in [-0.05, 0) is 12.8 Å². The molecular formula is C9H17NO3. The SMILES string of the molecule is C1CCC2C[NH2+]CC2OC1.O=C[O-]. The highest BCUT2D eigenvalue weighted by Gasteiger charge is 2.32. The molecule has 0 bridgehead atoms. The van der Waals surface area contributed by atoms with Gasteiger partial charge in [0.05, 0.1) is 6.54 Å². The smallest absolute Gasteiger partial charge is 0.114 e. The summed E-state index contributed by atoms with van der Waals surface area (Å²) in [7, 11) is 0. The number of rotatable bonds is 0. The first kappa shape index (κ1) is 10.5. The van der Waals surface area contributed by atoms with E-state index >= 15 is 0 Å². The van der Waals surface area contributed by atoms with Gasteiger partial charge in [0.25, 0.3) is 0 Å². The summed E-state index contributed by atoms with van der Waals surface area (Å²) < 4.78 is 5.70. The fourth-order valence-electron chi connectivity index (χ4n) is 2.07. The van der Waals surface area contributed by atoms with E-state index in [4.69, 9.17) is 14.6 Å². The molecule has 2 unspecified atom stereocenters. The summed E-state index contributed by atoms with van der Waals surface area (Å²) in [5, 5.41) is 10.6. The van der Waals surface area contributed by atoms with Crippen molar-refractivity contribution in [1.29, 1.82) is 0 Å². The number of carbonyl (C=O) groups is 1. The van der Waals surface area contributed by atoms with Crippen LogP contribution >= 0.6 is 0 Å². The van der Waals surface area contributed by atoms with E-state index in [0.29, 0.717) is 6.10 Å². The van der Waals surface area contributed by atoms with Gasteiger partial charge < -0.3 is 20.0 Å². The van der Waals surface area contributed by atoms with Crippen LogP contribution in [0.3, 0.4) is 0 Å². The molecule has 0 saturated carbocycles. The molecule has 0 amide bonds. The highest BCUT2D eigenvalue weighted by Crippen LogP contribution is 2.20. The number of quaternary nitrogens is 1. The number of nitrogens with two attached hydrogens (primary N) is 1. The molecule has 2 saturated heterocycles. The predicted octanol–water partition coefficient (Wildman–Crippen LogP) is -1.89. The van der Waals surface area contributed by atoms with Gasteiger partial charge in [0.1, 0.15) is 12.6 Å². The largest absolute Gasteiger partial charge is 0.554 e. The first-order chi connectivity index (χ1) is 6.38. The summed E-state index contributed by atoms with van der Waals surface area (Å²) in [4.78, 5) is 8.25. The second-order valence-electron chi connectivity index (χ2n) is 3.52. The molecule has 2 atom stereocenters. The number of carbonyl (C=O) groups excluding carboxylic acids is 1. The van der Waals surface area contributed by atoms with Gasteiger partial charge >= 0.3 is 0 Å². The highest BCUT2D eigenvalue weighted by atomic mass is 16.5. The zero-order chi connectivity index (χ0) is 9.52. The van der Waals surface area contributed by atoms with E-state index in [9.17, 15) is 0 Å². The van der Waals surface area contributed by atoms with Gasteiger partial charge in [-0.25, -0.2) is 0 Å². The molecule has 2 N–H and O–H groups in total. The van der Waals surface area contributed by atoms with Crippen LogP contribution in [-0.4, -0.2) is 32.3 Å². The summed E-state index contributed by atoms with van der Waals surface area (Å²) in [6.07, 6.45) is 4.67. The Balaban J connectivity index is 0.000000251. The molecule has 0 aromatic heterocycles. The van der Waals surface area contributed by atoms with E-state index in [1.54, 1.807) is 0 Å². The molecule has 13 heavy (non-hydrogen) atoms. The van der Waals surface area contributed by atoms with Crippen molar-refractivity contribution in [2.24, 2.45) is 5.92 Å². The van der Waals surface area contributed by atoms with E-state index in [-0.39, 0.29) is 0 Å². The molecule has 2 rings (SSSR count). The lowest BCUT2D eigenvalue weighted by Crippen LogP contribution is -2.82. The van der Waals surface area contributed by atoms with Crippen molar-refractivity contribution in [2.75, 3.05) is 19.7 Å². The minimum Gasteiger partial charge on any atom is -0.554 e. The number of hydrogen-bond acceptors (Lipinski definition) is 3. The van der Waals surface area contributed by atoms with E-state index in [1.807, 2.05) is 0 Å². The summed E-state index contributed by atoms with van der Waals surface area (Å²) in [5.41, 5.74) is 0. The molecule has 2 aliphatic rings. The Morgan fingerprint density at radius 2 is 2.15 bits per heavy atom. The average Bonchev–Trinajstić information content (AvgIpc) is 2.44. The van der Waals surface area contributed by atoms with E-state index < -0.39 is 6.47 Å². The molecule has 0 aromatic rings. The number of hydrogen-bond donors (Lipinski definition) is 1. The van der Waals surface area contributed by atoms with E-state index in [2.05, 4.69) is 5.32 Å². The van der Waals surface area contributed by atoms with Crippen LogP contribution in [0.25, 0.3) is 0 Å². The second kappa shape index (κ2) is 5.94. The molecule has 76 valence electrons. The molecule has 0 aromatic carbocycles. The lowest BCUT2D eigenvalue weighted by Gasteiger charge is -2.10. The van der Waals surface area contributed by atoms with Gasteiger partial charge in [-0.1, -0.05) is 6.42 Å². The molecule has 0 aliphatic carbocycles. The van der Waals surface area contributed by atoms with Crippen molar-refractivity contribution in [3.8, 4) is 0 Å². The lowest BCUT2D eigenvalue weighted by molar-refractivity contribution is -0.640. The third kappa shape index (κ3) is 3.32. The van der Waals surface area contributed by atoms with Crippen molar-refractivity contribution in [2.45, 2.75) is 25.4 Å². The minimum atomic E-state index is -0.500. The maximum atomic E-state index is 8.25. The van der Waals surface area contributed by atoms with Gasteiger partial charge in [-0.15, -0.1) is 0 Å². The summed E-state index contributed by atoms with van der Waals surface area (Å²) in [6.45, 7) is 3.03. The van der Waals surface area contributed by atoms with Crippen LogP contribution in [0.1, 0.15) is 19.3 Å². The Hall–Kier alpha value is -0.610. The van der Waals surface area contributed by atoms with Gasteiger partial charge in [-0.2, -0.15) is 0 Å². The first-order valence-electron chi connectivity index (χ1n) is 4.87. The molecule has 4 heteroatoms. The van der Waals surface area contributed by atoms with Crippen LogP contribution in [0.2, 0.25) is 0 Å². The van der Waals surface area contributed by atoms with Crippen molar-refractivity contribution in [3.63, 3.8) is 0 Å². The second-order valence-corrected chi connectivity index (χ2v) is 3.52. The normalized spacial score (nSPS) is 32.3. The van der Waals surface area contributed by atoms with Gasteiger partial charge in [0.2, 0.25) is 0 Å². The van der Waals surface area contributed by atoms with Crippen LogP contribution in [0, 0.1) is 5.92 Å². The topological polar surface area (TPSA) is 66.0 Å². The fourth-order valence-corrected chi connectivity index (χ4v) is 2.07. The van der Waals surface area contributed by atoms with Crippen LogP contribution in [-0.2, 0) is 9.53 Å². The van der Waals surface area contributed by atoms with Crippen LogP contribution in [0.5, 0.6) is 0 Å². The molecule has 2 aliphatic heterocycles.